The minimum absolute atomic E-state index is 0.168. The number of methoxy groups -OCH3 is 1. The zero-order valence-corrected chi connectivity index (χ0v) is 12.6. The van der Waals surface area contributed by atoms with Crippen LogP contribution in [0, 0.1) is 0 Å². The third kappa shape index (κ3) is 4.24. The molecule has 0 saturated carbocycles. The molecule has 0 spiro atoms. The predicted octanol–water partition coefficient (Wildman–Crippen LogP) is 2.00. The molecule has 2 N–H and O–H groups in total. The van der Waals surface area contributed by atoms with E-state index in [9.17, 15) is 4.79 Å². The van der Waals surface area contributed by atoms with Gasteiger partial charge in [-0.25, -0.2) is 4.98 Å². The van der Waals surface area contributed by atoms with Crippen molar-refractivity contribution in [2.45, 2.75) is 32.5 Å². The van der Waals surface area contributed by atoms with Crippen molar-refractivity contribution in [3.8, 4) is 0 Å². The lowest BCUT2D eigenvalue weighted by molar-refractivity contribution is 0.128. The Kier molecular flexibility index (Phi) is 5.25. The minimum atomic E-state index is -0.377. The Bertz CT molecular complexity index is 623. The van der Waals surface area contributed by atoms with Gasteiger partial charge >= 0.3 is 0 Å². The molecule has 0 aliphatic rings. The van der Waals surface area contributed by atoms with E-state index in [0.717, 1.165) is 5.56 Å². The molecule has 0 aliphatic heterocycles. The zero-order valence-electron chi connectivity index (χ0n) is 12.6. The van der Waals surface area contributed by atoms with Gasteiger partial charge in [0.25, 0.3) is 5.56 Å². The Hall–Kier alpha value is -1.98. The first-order valence-corrected chi connectivity index (χ1v) is 7.01. The molecule has 21 heavy (non-hydrogen) atoms. The standard InChI is InChI=1S/C16H21N3O2/c1-11(2)17-10-13-9-14(20)19-16(18-13)15(21-3)12-7-5-4-6-8-12/h4-9,11,15,17H,10H2,1-3H3,(H,18,19,20). The average molecular weight is 287 g/mol. The van der Waals surface area contributed by atoms with Crippen molar-refractivity contribution < 1.29 is 4.74 Å². The summed E-state index contributed by atoms with van der Waals surface area (Å²) in [5.41, 5.74) is 1.50. The second-order valence-corrected chi connectivity index (χ2v) is 5.18. The highest BCUT2D eigenvalue weighted by Gasteiger charge is 2.16. The van der Waals surface area contributed by atoms with E-state index in [1.165, 1.54) is 6.07 Å². The van der Waals surface area contributed by atoms with Crippen LogP contribution in [0.5, 0.6) is 0 Å². The van der Waals surface area contributed by atoms with Gasteiger partial charge in [0.2, 0.25) is 0 Å². The van der Waals surface area contributed by atoms with Crippen molar-refractivity contribution in [2.75, 3.05) is 7.11 Å². The second-order valence-electron chi connectivity index (χ2n) is 5.18. The largest absolute Gasteiger partial charge is 0.369 e. The van der Waals surface area contributed by atoms with Crippen LogP contribution in [0.3, 0.4) is 0 Å². The summed E-state index contributed by atoms with van der Waals surface area (Å²) < 4.78 is 5.50. The van der Waals surface area contributed by atoms with E-state index in [1.54, 1.807) is 7.11 Å². The summed E-state index contributed by atoms with van der Waals surface area (Å²) >= 11 is 0. The fourth-order valence-electron chi connectivity index (χ4n) is 2.09. The van der Waals surface area contributed by atoms with Gasteiger partial charge in [0.05, 0.1) is 5.69 Å². The number of hydrogen-bond donors (Lipinski definition) is 2. The monoisotopic (exact) mass is 287 g/mol. The molecule has 0 amide bonds. The number of aromatic nitrogens is 2. The fourth-order valence-corrected chi connectivity index (χ4v) is 2.09. The normalized spacial score (nSPS) is 12.6. The molecule has 0 bridgehead atoms. The SMILES string of the molecule is COC(c1ccccc1)c1nc(CNC(C)C)cc(=O)[nH]1. The third-order valence-corrected chi connectivity index (χ3v) is 3.09. The summed E-state index contributed by atoms with van der Waals surface area (Å²) in [4.78, 5) is 19.1. The summed E-state index contributed by atoms with van der Waals surface area (Å²) in [5.74, 6) is 0.525. The number of nitrogens with zero attached hydrogens (tertiary/aromatic N) is 1. The highest BCUT2D eigenvalue weighted by atomic mass is 16.5. The Labute approximate surface area is 124 Å². The lowest BCUT2D eigenvalue weighted by atomic mass is 10.1. The van der Waals surface area contributed by atoms with Gasteiger partial charge < -0.3 is 15.0 Å². The van der Waals surface area contributed by atoms with Crippen molar-refractivity contribution in [2.24, 2.45) is 0 Å². The summed E-state index contributed by atoms with van der Waals surface area (Å²) in [6, 6.07) is 11.6. The van der Waals surface area contributed by atoms with Crippen LogP contribution in [0.2, 0.25) is 0 Å². The molecule has 1 aromatic heterocycles. The van der Waals surface area contributed by atoms with E-state index in [4.69, 9.17) is 4.74 Å². The number of rotatable bonds is 6. The van der Waals surface area contributed by atoms with Crippen LogP contribution in [-0.2, 0) is 11.3 Å². The van der Waals surface area contributed by atoms with Crippen molar-refractivity contribution >= 4 is 0 Å². The zero-order chi connectivity index (χ0) is 15.2. The maximum Gasteiger partial charge on any atom is 0.251 e. The quantitative estimate of drug-likeness (QED) is 0.853. The van der Waals surface area contributed by atoms with Crippen molar-refractivity contribution in [1.29, 1.82) is 0 Å². The molecule has 0 saturated heterocycles. The Morgan fingerprint density at radius 3 is 2.62 bits per heavy atom. The molecule has 0 fully saturated rings. The second kappa shape index (κ2) is 7.15. The predicted molar refractivity (Wildman–Crippen MR) is 82.1 cm³/mol. The Balaban J connectivity index is 2.31. The molecular weight excluding hydrogens is 266 g/mol. The van der Waals surface area contributed by atoms with Crippen LogP contribution in [0.15, 0.2) is 41.2 Å². The summed E-state index contributed by atoms with van der Waals surface area (Å²) in [6.45, 7) is 4.66. The number of nitrogens with one attached hydrogen (secondary N) is 2. The van der Waals surface area contributed by atoms with Crippen molar-refractivity contribution in [1.82, 2.24) is 15.3 Å². The maximum atomic E-state index is 11.8. The molecule has 112 valence electrons. The van der Waals surface area contributed by atoms with Crippen LogP contribution in [0.4, 0.5) is 0 Å². The summed E-state index contributed by atoms with van der Waals surface area (Å²) in [5, 5.41) is 3.26. The van der Waals surface area contributed by atoms with Gasteiger partial charge in [0.15, 0.2) is 0 Å². The molecule has 1 heterocycles. The number of H-pyrrole nitrogens is 1. The highest BCUT2D eigenvalue weighted by molar-refractivity contribution is 5.23. The molecule has 1 atom stereocenters. The molecule has 0 aliphatic carbocycles. The number of hydrogen-bond acceptors (Lipinski definition) is 4. The number of aromatic amines is 1. The number of benzene rings is 1. The first kappa shape index (κ1) is 15.4. The van der Waals surface area contributed by atoms with Crippen LogP contribution < -0.4 is 10.9 Å². The van der Waals surface area contributed by atoms with Crippen molar-refractivity contribution in [3.63, 3.8) is 0 Å². The first-order valence-electron chi connectivity index (χ1n) is 7.01. The molecule has 1 aromatic carbocycles. The van der Waals surface area contributed by atoms with E-state index in [1.807, 2.05) is 30.3 Å². The maximum absolute atomic E-state index is 11.8. The highest BCUT2D eigenvalue weighted by Crippen LogP contribution is 2.21. The van der Waals surface area contributed by atoms with Crippen LogP contribution in [-0.4, -0.2) is 23.1 Å². The Morgan fingerprint density at radius 2 is 2.00 bits per heavy atom. The van der Waals surface area contributed by atoms with Crippen molar-refractivity contribution in [3.05, 3.63) is 63.8 Å². The van der Waals surface area contributed by atoms with E-state index in [-0.39, 0.29) is 11.7 Å². The number of ether oxygens (including phenoxy) is 1. The average Bonchev–Trinajstić information content (AvgIpc) is 2.46. The van der Waals surface area contributed by atoms with Crippen LogP contribution >= 0.6 is 0 Å². The molecule has 5 nitrogen and oxygen atoms in total. The molecular formula is C16H21N3O2. The molecule has 2 aromatic rings. The molecule has 5 heteroatoms. The topological polar surface area (TPSA) is 67.0 Å². The lowest BCUT2D eigenvalue weighted by Gasteiger charge is -2.16. The van der Waals surface area contributed by atoms with E-state index >= 15 is 0 Å². The smallest absolute Gasteiger partial charge is 0.251 e. The van der Waals surface area contributed by atoms with Crippen LogP contribution in [0.1, 0.15) is 37.0 Å². The van der Waals surface area contributed by atoms with E-state index in [2.05, 4.69) is 29.1 Å². The fraction of sp³-hybridized carbons (Fsp3) is 0.375. The Morgan fingerprint density at radius 1 is 1.29 bits per heavy atom. The van der Waals surface area contributed by atoms with Gasteiger partial charge in [-0.05, 0) is 5.56 Å². The molecule has 0 radical (unpaired) electrons. The van der Waals surface area contributed by atoms with E-state index in [0.29, 0.717) is 24.1 Å². The minimum Gasteiger partial charge on any atom is -0.369 e. The first-order chi connectivity index (χ1) is 10.1. The van der Waals surface area contributed by atoms with Crippen LogP contribution in [0.25, 0.3) is 0 Å². The van der Waals surface area contributed by atoms with Gasteiger partial charge in [-0.3, -0.25) is 4.79 Å². The third-order valence-electron chi connectivity index (χ3n) is 3.09. The van der Waals surface area contributed by atoms with Gasteiger partial charge in [-0.15, -0.1) is 0 Å². The van der Waals surface area contributed by atoms with Gasteiger partial charge in [0.1, 0.15) is 11.9 Å². The summed E-state index contributed by atoms with van der Waals surface area (Å²) in [7, 11) is 1.61. The van der Waals surface area contributed by atoms with E-state index < -0.39 is 0 Å². The summed E-state index contributed by atoms with van der Waals surface area (Å²) in [6.07, 6.45) is -0.377. The van der Waals surface area contributed by atoms with Gasteiger partial charge in [-0.2, -0.15) is 0 Å². The molecule has 1 unspecified atom stereocenters. The lowest BCUT2D eigenvalue weighted by Crippen LogP contribution is -2.25. The molecule has 2 rings (SSSR count). The van der Waals surface area contributed by atoms with Gasteiger partial charge in [-0.1, -0.05) is 44.2 Å². The van der Waals surface area contributed by atoms with Gasteiger partial charge in [0, 0.05) is 25.8 Å².